The SMILES string of the molecule is O=c1c2c3c(sc2nc(SCc2ccc([N+](=O)[O-])cc2)n1C1CCCC1)CCCC3. The lowest BCUT2D eigenvalue weighted by Crippen LogP contribution is -2.26. The molecule has 1 fully saturated rings. The fourth-order valence-corrected chi connectivity index (χ4v) is 6.97. The van der Waals surface area contributed by atoms with E-state index in [0.29, 0.717) is 5.75 Å². The van der Waals surface area contributed by atoms with Gasteiger partial charge in [0.05, 0.1) is 10.3 Å². The third kappa shape index (κ3) is 3.56. The van der Waals surface area contributed by atoms with Gasteiger partial charge in [-0.25, -0.2) is 4.98 Å². The number of thioether (sulfide) groups is 1. The van der Waals surface area contributed by atoms with Gasteiger partial charge in [0.25, 0.3) is 11.2 Å². The zero-order valence-corrected chi connectivity index (χ0v) is 18.3. The number of nitro benzene ring substituents is 1. The fraction of sp³-hybridized carbons (Fsp3) is 0.455. The zero-order valence-electron chi connectivity index (χ0n) is 16.6. The highest BCUT2D eigenvalue weighted by Gasteiger charge is 2.27. The molecule has 0 N–H and O–H groups in total. The molecule has 1 aromatic carbocycles. The minimum absolute atomic E-state index is 0.0929. The van der Waals surface area contributed by atoms with E-state index in [9.17, 15) is 14.9 Å². The van der Waals surface area contributed by atoms with Crippen LogP contribution in [0.25, 0.3) is 10.2 Å². The summed E-state index contributed by atoms with van der Waals surface area (Å²) >= 11 is 3.26. The van der Waals surface area contributed by atoms with Gasteiger partial charge in [0.1, 0.15) is 4.83 Å². The van der Waals surface area contributed by atoms with Crippen LogP contribution in [-0.2, 0) is 18.6 Å². The molecule has 0 bridgehead atoms. The number of rotatable bonds is 5. The van der Waals surface area contributed by atoms with Crippen LogP contribution in [-0.4, -0.2) is 14.5 Å². The van der Waals surface area contributed by atoms with Gasteiger partial charge in [0.15, 0.2) is 5.16 Å². The third-order valence-corrected chi connectivity index (χ3v) is 8.40. The quantitative estimate of drug-likeness (QED) is 0.221. The summed E-state index contributed by atoms with van der Waals surface area (Å²) in [5, 5.41) is 12.5. The first kappa shape index (κ1) is 19.8. The maximum absolute atomic E-state index is 13.6. The van der Waals surface area contributed by atoms with Crippen LogP contribution in [0.5, 0.6) is 0 Å². The van der Waals surface area contributed by atoms with E-state index in [0.717, 1.165) is 65.9 Å². The smallest absolute Gasteiger partial charge is 0.269 e. The van der Waals surface area contributed by atoms with Crippen molar-refractivity contribution in [3.8, 4) is 0 Å². The highest BCUT2D eigenvalue weighted by molar-refractivity contribution is 7.98. The van der Waals surface area contributed by atoms with E-state index in [-0.39, 0.29) is 22.2 Å². The number of aromatic nitrogens is 2. The van der Waals surface area contributed by atoms with E-state index in [1.807, 2.05) is 4.57 Å². The average molecular weight is 442 g/mol. The lowest BCUT2D eigenvalue weighted by molar-refractivity contribution is -0.384. The predicted molar refractivity (Wildman–Crippen MR) is 121 cm³/mol. The van der Waals surface area contributed by atoms with Crippen molar-refractivity contribution in [3.05, 3.63) is 60.7 Å². The monoisotopic (exact) mass is 441 g/mol. The average Bonchev–Trinajstić information content (AvgIpc) is 3.40. The Balaban J connectivity index is 1.53. The lowest BCUT2D eigenvalue weighted by atomic mass is 9.97. The molecule has 2 aliphatic carbocycles. The van der Waals surface area contributed by atoms with Crippen molar-refractivity contribution in [2.75, 3.05) is 0 Å². The van der Waals surface area contributed by atoms with Gasteiger partial charge in [-0.05, 0) is 49.7 Å². The topological polar surface area (TPSA) is 78.0 Å². The minimum Gasteiger partial charge on any atom is -0.284 e. The Kier molecular flexibility index (Phi) is 5.37. The van der Waals surface area contributed by atoms with Crippen molar-refractivity contribution in [3.63, 3.8) is 0 Å². The molecule has 3 aromatic rings. The number of hydrogen-bond donors (Lipinski definition) is 0. The van der Waals surface area contributed by atoms with Crippen LogP contribution in [0, 0.1) is 10.1 Å². The minimum atomic E-state index is -0.386. The summed E-state index contributed by atoms with van der Waals surface area (Å²) in [6.07, 6.45) is 8.77. The first-order valence-corrected chi connectivity index (χ1v) is 12.3. The van der Waals surface area contributed by atoms with Gasteiger partial charge >= 0.3 is 0 Å². The lowest BCUT2D eigenvalue weighted by Gasteiger charge is -2.18. The molecule has 6 nitrogen and oxygen atoms in total. The van der Waals surface area contributed by atoms with Crippen molar-refractivity contribution < 1.29 is 4.92 Å². The first-order chi connectivity index (χ1) is 14.6. The predicted octanol–water partition coefficient (Wildman–Crippen LogP) is 5.65. The van der Waals surface area contributed by atoms with Crippen molar-refractivity contribution in [1.29, 1.82) is 0 Å². The van der Waals surface area contributed by atoms with Gasteiger partial charge in [-0.15, -0.1) is 11.3 Å². The largest absolute Gasteiger partial charge is 0.284 e. The van der Waals surface area contributed by atoms with Crippen molar-refractivity contribution in [2.45, 2.75) is 68.3 Å². The number of aryl methyl sites for hydroxylation is 2. The fourth-order valence-electron chi connectivity index (χ4n) is 4.65. The molecular formula is C22H23N3O3S2. The second-order valence-corrected chi connectivity index (χ2v) is 10.1. The van der Waals surface area contributed by atoms with E-state index in [1.165, 1.54) is 29.0 Å². The molecule has 156 valence electrons. The maximum Gasteiger partial charge on any atom is 0.269 e. The molecule has 5 rings (SSSR count). The summed E-state index contributed by atoms with van der Waals surface area (Å²) < 4.78 is 1.97. The van der Waals surface area contributed by atoms with Gasteiger partial charge in [-0.3, -0.25) is 19.5 Å². The number of nitro groups is 1. The van der Waals surface area contributed by atoms with Crippen molar-refractivity contribution >= 4 is 39.0 Å². The molecule has 0 aliphatic heterocycles. The molecule has 0 atom stereocenters. The summed E-state index contributed by atoms with van der Waals surface area (Å²) in [5.41, 5.74) is 2.47. The van der Waals surface area contributed by atoms with E-state index < -0.39 is 0 Å². The molecule has 8 heteroatoms. The number of nitrogens with zero attached hydrogens (tertiary/aromatic N) is 3. The summed E-state index contributed by atoms with van der Waals surface area (Å²) in [6.45, 7) is 0. The molecule has 0 saturated heterocycles. The Labute approximate surface area is 182 Å². The van der Waals surface area contributed by atoms with Gasteiger partial charge in [-0.1, -0.05) is 36.7 Å². The van der Waals surface area contributed by atoms with Crippen LogP contribution in [0.15, 0.2) is 34.2 Å². The normalized spacial score (nSPS) is 16.8. The van der Waals surface area contributed by atoms with E-state index >= 15 is 0 Å². The van der Waals surface area contributed by atoms with Crippen LogP contribution in [0.1, 0.15) is 60.6 Å². The van der Waals surface area contributed by atoms with Crippen molar-refractivity contribution in [1.82, 2.24) is 9.55 Å². The Hall–Kier alpha value is -2.19. The molecule has 2 aliphatic rings. The Morgan fingerprint density at radius 2 is 1.87 bits per heavy atom. The number of fused-ring (bicyclic) bond motifs is 3. The molecule has 0 unspecified atom stereocenters. The molecule has 0 radical (unpaired) electrons. The molecule has 0 amide bonds. The van der Waals surface area contributed by atoms with Crippen LogP contribution in [0.3, 0.4) is 0 Å². The van der Waals surface area contributed by atoms with Gasteiger partial charge < -0.3 is 0 Å². The molecule has 30 heavy (non-hydrogen) atoms. The number of thiophene rings is 1. The van der Waals surface area contributed by atoms with Crippen LogP contribution < -0.4 is 5.56 Å². The Morgan fingerprint density at radius 3 is 2.60 bits per heavy atom. The molecule has 0 spiro atoms. The van der Waals surface area contributed by atoms with Crippen molar-refractivity contribution in [2.24, 2.45) is 0 Å². The molecule has 2 aromatic heterocycles. The Morgan fingerprint density at radius 1 is 1.13 bits per heavy atom. The van der Waals surface area contributed by atoms with Gasteiger partial charge in [-0.2, -0.15) is 0 Å². The standard InChI is InChI=1S/C22H23N3O3S2/c26-21-19-17-7-3-4-8-18(17)30-20(19)23-22(24(21)15-5-1-2-6-15)29-13-14-9-11-16(12-10-14)25(27)28/h9-12,15H,1-8,13H2. The number of benzene rings is 1. The van der Waals surface area contributed by atoms with Gasteiger partial charge in [0.2, 0.25) is 0 Å². The van der Waals surface area contributed by atoms with Crippen LogP contribution >= 0.6 is 23.1 Å². The highest BCUT2D eigenvalue weighted by Crippen LogP contribution is 2.38. The molecule has 2 heterocycles. The van der Waals surface area contributed by atoms with Crippen LogP contribution in [0.2, 0.25) is 0 Å². The second-order valence-electron chi connectivity index (χ2n) is 8.11. The number of non-ortho nitro benzene ring substituents is 1. The zero-order chi connectivity index (χ0) is 20.7. The first-order valence-electron chi connectivity index (χ1n) is 10.5. The highest BCUT2D eigenvalue weighted by atomic mass is 32.2. The van der Waals surface area contributed by atoms with E-state index in [4.69, 9.17) is 4.98 Å². The summed E-state index contributed by atoms with van der Waals surface area (Å²) in [6, 6.07) is 6.86. The summed E-state index contributed by atoms with van der Waals surface area (Å²) in [5.74, 6) is 0.633. The maximum atomic E-state index is 13.6. The van der Waals surface area contributed by atoms with Gasteiger partial charge in [0, 0.05) is 28.8 Å². The molecule has 1 saturated carbocycles. The second kappa shape index (κ2) is 8.15. The third-order valence-electron chi connectivity index (χ3n) is 6.19. The summed E-state index contributed by atoms with van der Waals surface area (Å²) in [7, 11) is 0. The summed E-state index contributed by atoms with van der Waals surface area (Å²) in [4.78, 5) is 31.3. The number of hydrogen-bond acceptors (Lipinski definition) is 6. The van der Waals surface area contributed by atoms with Crippen LogP contribution in [0.4, 0.5) is 5.69 Å². The van der Waals surface area contributed by atoms with E-state index in [2.05, 4.69) is 0 Å². The molecular weight excluding hydrogens is 418 g/mol. The Bertz CT molecular complexity index is 1160. The van der Waals surface area contributed by atoms with E-state index in [1.54, 1.807) is 35.2 Å².